The van der Waals surface area contributed by atoms with Crippen LogP contribution in [0.2, 0.25) is 0 Å². The van der Waals surface area contributed by atoms with E-state index >= 15 is 0 Å². The number of anilines is 1. The Balaban J connectivity index is 1.53. The maximum Gasteiger partial charge on any atom is 0.234 e. The number of allylic oxidation sites excluding steroid dienone is 1. The van der Waals surface area contributed by atoms with Crippen LogP contribution in [0.3, 0.4) is 0 Å². The Morgan fingerprint density at radius 3 is 2.64 bits per heavy atom. The third-order valence-electron chi connectivity index (χ3n) is 4.88. The van der Waals surface area contributed by atoms with Crippen molar-refractivity contribution in [3.63, 3.8) is 0 Å². The zero-order valence-electron chi connectivity index (χ0n) is 19.2. The largest absolute Gasteiger partial charge is 0.493 e. The number of carbonyl (C=O) groups is 1. The molecule has 1 N–H and O–H groups in total. The maximum absolute atomic E-state index is 12.4. The van der Waals surface area contributed by atoms with E-state index in [1.807, 2.05) is 61.7 Å². The minimum atomic E-state index is -0.0713. The van der Waals surface area contributed by atoms with Crippen molar-refractivity contribution in [2.24, 2.45) is 0 Å². The van der Waals surface area contributed by atoms with Crippen molar-refractivity contribution in [2.75, 3.05) is 17.7 Å². The van der Waals surface area contributed by atoms with Gasteiger partial charge in [-0.3, -0.25) is 4.79 Å². The Labute approximate surface area is 208 Å². The lowest BCUT2D eigenvalue weighted by atomic mass is 10.1. The number of aromatic nitrogens is 3. The van der Waals surface area contributed by atoms with Gasteiger partial charge in [0.15, 0.2) is 5.16 Å². The second kappa shape index (κ2) is 12.0. The van der Waals surface area contributed by atoms with Gasteiger partial charge in [0.25, 0.3) is 0 Å². The highest BCUT2D eigenvalue weighted by atomic mass is 79.9. The molecule has 174 valence electrons. The lowest BCUT2D eigenvalue weighted by Gasteiger charge is -2.10. The number of aryl methyl sites for hydroxylation is 4. The summed E-state index contributed by atoms with van der Waals surface area (Å²) in [6, 6.07) is 12.0. The maximum atomic E-state index is 12.4. The van der Waals surface area contributed by atoms with E-state index in [1.165, 1.54) is 11.8 Å². The van der Waals surface area contributed by atoms with E-state index in [9.17, 15) is 4.79 Å². The highest BCUT2D eigenvalue weighted by Crippen LogP contribution is 2.23. The van der Waals surface area contributed by atoms with Crippen LogP contribution in [-0.2, 0) is 17.8 Å². The number of benzene rings is 2. The van der Waals surface area contributed by atoms with Crippen molar-refractivity contribution in [1.82, 2.24) is 14.8 Å². The Bertz CT molecular complexity index is 1110. The number of nitrogens with zero attached hydrogens (tertiary/aromatic N) is 3. The van der Waals surface area contributed by atoms with Crippen molar-refractivity contribution >= 4 is 39.3 Å². The number of ether oxygens (including phenoxy) is 1. The van der Waals surface area contributed by atoms with E-state index in [0.717, 1.165) is 51.3 Å². The molecule has 2 aromatic carbocycles. The summed E-state index contributed by atoms with van der Waals surface area (Å²) in [6.45, 7) is 11.1. The molecule has 1 amide bonds. The van der Waals surface area contributed by atoms with Gasteiger partial charge in [-0.2, -0.15) is 0 Å². The third kappa shape index (κ3) is 7.47. The van der Waals surface area contributed by atoms with Crippen molar-refractivity contribution in [3.05, 3.63) is 76.0 Å². The molecule has 0 aliphatic carbocycles. The van der Waals surface area contributed by atoms with Crippen LogP contribution in [0.4, 0.5) is 5.69 Å². The number of carbonyl (C=O) groups excluding carboxylic acids is 1. The average Bonchev–Trinajstić information content (AvgIpc) is 3.12. The monoisotopic (exact) mass is 528 g/mol. The van der Waals surface area contributed by atoms with Crippen LogP contribution in [0.1, 0.15) is 28.9 Å². The van der Waals surface area contributed by atoms with Gasteiger partial charge < -0.3 is 14.6 Å². The summed E-state index contributed by atoms with van der Waals surface area (Å²) in [5, 5.41) is 12.3. The molecular weight excluding hydrogens is 500 g/mol. The van der Waals surface area contributed by atoms with Crippen LogP contribution in [0.5, 0.6) is 5.75 Å². The van der Waals surface area contributed by atoms with Gasteiger partial charge in [-0.05, 0) is 74.2 Å². The molecule has 1 aromatic heterocycles. The number of halogens is 1. The average molecular weight is 530 g/mol. The van der Waals surface area contributed by atoms with Crippen molar-refractivity contribution in [1.29, 1.82) is 0 Å². The molecule has 0 bridgehead atoms. The number of thioether (sulfide) groups is 1. The first-order valence-electron chi connectivity index (χ1n) is 10.8. The first-order chi connectivity index (χ1) is 15.9. The minimum absolute atomic E-state index is 0.0713. The molecule has 0 aliphatic rings. The molecule has 8 heteroatoms. The van der Waals surface area contributed by atoms with Crippen LogP contribution < -0.4 is 10.1 Å². The molecule has 6 nitrogen and oxygen atoms in total. The number of hydrogen-bond donors (Lipinski definition) is 1. The Morgan fingerprint density at radius 1 is 1.18 bits per heavy atom. The van der Waals surface area contributed by atoms with Gasteiger partial charge in [0.1, 0.15) is 11.6 Å². The standard InChI is InChI=1S/C25H29BrN4O2S/c1-5-10-30-23(7-6-11-32-22-9-8-20(26)15-19(22)4)28-29-25(30)33-16-24(31)27-21-13-17(2)12-18(3)14-21/h5,8-9,12-15H,1,6-7,10-11,16H2,2-4H3,(H,27,31). The SMILES string of the molecule is C=CCn1c(CCCOc2ccc(Br)cc2C)nnc1SCC(=O)Nc1cc(C)cc(C)c1. The molecule has 3 rings (SSSR count). The number of hydrogen-bond acceptors (Lipinski definition) is 5. The topological polar surface area (TPSA) is 69.0 Å². The Morgan fingerprint density at radius 2 is 1.94 bits per heavy atom. The van der Waals surface area contributed by atoms with Crippen LogP contribution in [-0.4, -0.2) is 33.0 Å². The molecule has 0 fully saturated rings. The van der Waals surface area contributed by atoms with Gasteiger partial charge in [0, 0.05) is 23.1 Å². The second-order valence-electron chi connectivity index (χ2n) is 7.87. The van der Waals surface area contributed by atoms with E-state index in [0.29, 0.717) is 18.3 Å². The summed E-state index contributed by atoms with van der Waals surface area (Å²) < 4.78 is 8.96. The number of rotatable bonds is 11. The summed E-state index contributed by atoms with van der Waals surface area (Å²) in [4.78, 5) is 12.4. The van der Waals surface area contributed by atoms with Gasteiger partial charge in [-0.25, -0.2) is 0 Å². The van der Waals surface area contributed by atoms with E-state index in [4.69, 9.17) is 4.74 Å². The quantitative estimate of drug-likeness (QED) is 0.191. The van der Waals surface area contributed by atoms with Gasteiger partial charge in [-0.15, -0.1) is 16.8 Å². The van der Waals surface area contributed by atoms with Crippen LogP contribution in [0.15, 0.2) is 58.7 Å². The molecular formula is C25H29BrN4O2S. The van der Waals surface area contributed by atoms with Gasteiger partial charge in [0.05, 0.1) is 12.4 Å². The third-order valence-corrected chi connectivity index (χ3v) is 6.34. The second-order valence-corrected chi connectivity index (χ2v) is 9.73. The lowest BCUT2D eigenvalue weighted by Crippen LogP contribution is -2.15. The fourth-order valence-electron chi connectivity index (χ4n) is 3.48. The van der Waals surface area contributed by atoms with Crippen LogP contribution in [0.25, 0.3) is 0 Å². The summed E-state index contributed by atoms with van der Waals surface area (Å²) in [6.07, 6.45) is 3.35. The normalized spacial score (nSPS) is 10.8. The van der Waals surface area contributed by atoms with E-state index in [2.05, 4.69) is 44.1 Å². The van der Waals surface area contributed by atoms with Crippen molar-refractivity contribution < 1.29 is 9.53 Å². The van der Waals surface area contributed by atoms with E-state index in [1.54, 1.807) is 0 Å². The fraction of sp³-hybridized carbons (Fsp3) is 0.320. The van der Waals surface area contributed by atoms with Gasteiger partial charge in [-0.1, -0.05) is 39.8 Å². The summed E-state index contributed by atoms with van der Waals surface area (Å²) in [5.74, 6) is 1.94. The molecule has 1 heterocycles. The predicted molar refractivity (Wildman–Crippen MR) is 138 cm³/mol. The summed E-state index contributed by atoms with van der Waals surface area (Å²) in [7, 11) is 0. The molecule has 0 atom stereocenters. The van der Waals surface area contributed by atoms with Crippen molar-refractivity contribution in [3.8, 4) is 5.75 Å². The highest BCUT2D eigenvalue weighted by Gasteiger charge is 2.14. The zero-order valence-corrected chi connectivity index (χ0v) is 21.6. The Kier molecular flexibility index (Phi) is 9.14. The van der Waals surface area contributed by atoms with Gasteiger partial charge in [0.2, 0.25) is 5.91 Å². The first kappa shape index (κ1) is 25.1. The predicted octanol–water partition coefficient (Wildman–Crippen LogP) is 5.89. The molecule has 0 aliphatic heterocycles. The van der Waals surface area contributed by atoms with Crippen LogP contribution in [0, 0.1) is 20.8 Å². The molecule has 0 saturated heterocycles. The van der Waals surface area contributed by atoms with Crippen molar-refractivity contribution in [2.45, 2.75) is 45.3 Å². The lowest BCUT2D eigenvalue weighted by molar-refractivity contribution is -0.113. The molecule has 0 unspecified atom stereocenters. The van der Waals surface area contributed by atoms with Crippen LogP contribution >= 0.6 is 27.7 Å². The molecule has 0 radical (unpaired) electrons. The molecule has 0 spiro atoms. The summed E-state index contributed by atoms with van der Waals surface area (Å²) in [5.41, 5.74) is 4.14. The fourth-order valence-corrected chi connectivity index (χ4v) is 4.73. The smallest absolute Gasteiger partial charge is 0.234 e. The first-order valence-corrected chi connectivity index (χ1v) is 12.6. The highest BCUT2D eigenvalue weighted by molar-refractivity contribution is 9.10. The number of nitrogens with one attached hydrogen (secondary N) is 1. The molecule has 3 aromatic rings. The molecule has 33 heavy (non-hydrogen) atoms. The molecule has 0 saturated carbocycles. The van der Waals surface area contributed by atoms with Gasteiger partial charge >= 0.3 is 0 Å². The zero-order chi connectivity index (χ0) is 23.8. The van der Waals surface area contributed by atoms with E-state index < -0.39 is 0 Å². The Hall–Kier alpha value is -2.58. The minimum Gasteiger partial charge on any atom is -0.493 e. The summed E-state index contributed by atoms with van der Waals surface area (Å²) >= 11 is 4.85. The van der Waals surface area contributed by atoms with E-state index in [-0.39, 0.29) is 11.7 Å². The number of amides is 1.